The van der Waals surface area contributed by atoms with Crippen LogP contribution in [-0.2, 0) is 16.0 Å². The number of carbonyl (C=O) groups is 1. The molecule has 3 heteroatoms. The summed E-state index contributed by atoms with van der Waals surface area (Å²) >= 11 is 1.70. The first kappa shape index (κ1) is 13.6. The van der Waals surface area contributed by atoms with Crippen molar-refractivity contribution in [1.82, 2.24) is 0 Å². The molecule has 0 radical (unpaired) electrons. The van der Waals surface area contributed by atoms with E-state index in [-0.39, 0.29) is 12.1 Å². The summed E-state index contributed by atoms with van der Waals surface area (Å²) in [4.78, 5) is 13.6. The third-order valence-corrected chi connectivity index (χ3v) is 5.15. The van der Waals surface area contributed by atoms with Crippen molar-refractivity contribution < 1.29 is 9.53 Å². The molecule has 0 fully saturated rings. The summed E-state index contributed by atoms with van der Waals surface area (Å²) in [5, 5.41) is 0. The van der Waals surface area contributed by atoms with Crippen LogP contribution in [0, 0.1) is 0 Å². The SMILES string of the molecule is CSc1ccc(C2=C3c4ccccc4CCC3OC2=O)cc1. The predicted octanol–water partition coefficient (Wildman–Crippen LogP) is 4.19. The lowest BCUT2D eigenvalue weighted by atomic mass is 9.83. The second-order valence-electron chi connectivity index (χ2n) is 5.61. The minimum atomic E-state index is -0.186. The Kier molecular flexibility index (Phi) is 3.30. The zero-order valence-electron chi connectivity index (χ0n) is 12.3. The Morgan fingerprint density at radius 1 is 1.09 bits per heavy atom. The second kappa shape index (κ2) is 5.33. The molecular weight excluding hydrogens is 292 g/mol. The first-order valence-corrected chi connectivity index (χ1v) is 8.68. The molecule has 2 aliphatic rings. The number of aryl methyl sites for hydroxylation is 1. The van der Waals surface area contributed by atoms with E-state index in [2.05, 4.69) is 30.3 Å². The quantitative estimate of drug-likeness (QED) is 0.614. The highest BCUT2D eigenvalue weighted by molar-refractivity contribution is 7.98. The molecule has 0 spiro atoms. The minimum absolute atomic E-state index is 0.0855. The maximum atomic E-state index is 12.4. The molecule has 0 saturated carbocycles. The maximum absolute atomic E-state index is 12.4. The van der Waals surface area contributed by atoms with E-state index in [0.29, 0.717) is 0 Å². The Hall–Kier alpha value is -2.00. The van der Waals surface area contributed by atoms with Crippen LogP contribution in [0.1, 0.15) is 23.1 Å². The predicted molar refractivity (Wildman–Crippen MR) is 89.7 cm³/mol. The van der Waals surface area contributed by atoms with E-state index >= 15 is 0 Å². The molecule has 2 aromatic carbocycles. The molecule has 1 aliphatic carbocycles. The van der Waals surface area contributed by atoms with Gasteiger partial charge < -0.3 is 4.74 Å². The van der Waals surface area contributed by atoms with Crippen molar-refractivity contribution in [3.63, 3.8) is 0 Å². The van der Waals surface area contributed by atoms with Crippen molar-refractivity contribution in [2.75, 3.05) is 6.26 Å². The molecule has 0 bridgehead atoms. The summed E-state index contributed by atoms with van der Waals surface area (Å²) in [6, 6.07) is 16.5. The van der Waals surface area contributed by atoms with Crippen molar-refractivity contribution in [3.8, 4) is 0 Å². The molecule has 0 amide bonds. The van der Waals surface area contributed by atoms with Gasteiger partial charge in [0.05, 0.1) is 5.57 Å². The summed E-state index contributed by atoms with van der Waals surface area (Å²) in [5.41, 5.74) is 5.25. The van der Waals surface area contributed by atoms with Gasteiger partial charge in [0.15, 0.2) is 0 Å². The van der Waals surface area contributed by atoms with Crippen LogP contribution in [-0.4, -0.2) is 18.3 Å². The molecule has 1 unspecified atom stereocenters. The lowest BCUT2D eigenvalue weighted by Crippen LogP contribution is -2.17. The van der Waals surface area contributed by atoms with Gasteiger partial charge in [-0.05, 0) is 47.9 Å². The van der Waals surface area contributed by atoms with Gasteiger partial charge in [-0.1, -0.05) is 36.4 Å². The molecule has 4 rings (SSSR count). The summed E-state index contributed by atoms with van der Waals surface area (Å²) in [7, 11) is 0. The van der Waals surface area contributed by atoms with Gasteiger partial charge in [-0.15, -0.1) is 11.8 Å². The fraction of sp³-hybridized carbons (Fsp3) is 0.211. The van der Waals surface area contributed by atoms with Crippen LogP contribution >= 0.6 is 11.8 Å². The number of esters is 1. The van der Waals surface area contributed by atoms with E-state index in [1.807, 2.05) is 24.5 Å². The van der Waals surface area contributed by atoms with Gasteiger partial charge in [0.2, 0.25) is 0 Å². The van der Waals surface area contributed by atoms with Crippen molar-refractivity contribution in [1.29, 1.82) is 0 Å². The first-order chi connectivity index (χ1) is 10.8. The first-order valence-electron chi connectivity index (χ1n) is 7.46. The molecule has 2 aromatic rings. The molecule has 0 aromatic heterocycles. The number of hydrogen-bond donors (Lipinski definition) is 0. The summed E-state index contributed by atoms with van der Waals surface area (Å²) in [5.74, 6) is -0.186. The van der Waals surface area contributed by atoms with E-state index in [9.17, 15) is 4.79 Å². The van der Waals surface area contributed by atoms with Gasteiger partial charge in [0.25, 0.3) is 0 Å². The zero-order chi connectivity index (χ0) is 15.1. The Morgan fingerprint density at radius 3 is 2.64 bits per heavy atom. The number of rotatable bonds is 2. The van der Waals surface area contributed by atoms with E-state index in [0.717, 1.165) is 29.6 Å². The lowest BCUT2D eigenvalue weighted by molar-refractivity contribution is -0.137. The molecule has 1 atom stereocenters. The largest absolute Gasteiger partial charge is 0.454 e. The van der Waals surface area contributed by atoms with Crippen molar-refractivity contribution in [2.24, 2.45) is 0 Å². The molecule has 1 aliphatic heterocycles. The van der Waals surface area contributed by atoms with Crippen LogP contribution in [0.5, 0.6) is 0 Å². The van der Waals surface area contributed by atoms with Crippen molar-refractivity contribution >= 4 is 28.9 Å². The van der Waals surface area contributed by atoms with Gasteiger partial charge in [-0.25, -0.2) is 4.79 Å². The third-order valence-electron chi connectivity index (χ3n) is 4.41. The van der Waals surface area contributed by atoms with Gasteiger partial charge in [0, 0.05) is 10.5 Å². The Balaban J connectivity index is 1.90. The average molecular weight is 308 g/mol. The molecular formula is C19H16O2S. The fourth-order valence-electron chi connectivity index (χ4n) is 3.35. The molecule has 0 saturated heterocycles. The number of ether oxygens (including phenoxy) is 1. The molecule has 0 N–H and O–H groups in total. The Bertz CT molecular complexity index is 774. The zero-order valence-corrected chi connectivity index (χ0v) is 13.2. The number of hydrogen-bond acceptors (Lipinski definition) is 3. The highest BCUT2D eigenvalue weighted by Crippen LogP contribution is 2.43. The molecule has 22 heavy (non-hydrogen) atoms. The molecule has 110 valence electrons. The smallest absolute Gasteiger partial charge is 0.339 e. The van der Waals surface area contributed by atoms with Crippen LogP contribution in [0.15, 0.2) is 53.4 Å². The summed E-state index contributed by atoms with van der Waals surface area (Å²) in [6.45, 7) is 0. The topological polar surface area (TPSA) is 26.3 Å². The van der Waals surface area contributed by atoms with Crippen molar-refractivity contribution in [2.45, 2.75) is 23.8 Å². The highest BCUT2D eigenvalue weighted by Gasteiger charge is 2.38. The van der Waals surface area contributed by atoms with Gasteiger partial charge in [-0.2, -0.15) is 0 Å². The van der Waals surface area contributed by atoms with Gasteiger partial charge >= 0.3 is 5.97 Å². The number of fused-ring (bicyclic) bond motifs is 3. The second-order valence-corrected chi connectivity index (χ2v) is 6.49. The highest BCUT2D eigenvalue weighted by atomic mass is 32.2. The van der Waals surface area contributed by atoms with Crippen LogP contribution in [0.25, 0.3) is 11.1 Å². The van der Waals surface area contributed by atoms with Crippen molar-refractivity contribution in [3.05, 3.63) is 65.2 Å². The van der Waals surface area contributed by atoms with Crippen LogP contribution < -0.4 is 0 Å². The summed E-state index contributed by atoms with van der Waals surface area (Å²) < 4.78 is 5.63. The Labute approximate surface area is 134 Å². The van der Waals surface area contributed by atoms with Gasteiger partial charge in [-0.3, -0.25) is 0 Å². The van der Waals surface area contributed by atoms with Crippen LogP contribution in [0.4, 0.5) is 0 Å². The van der Waals surface area contributed by atoms with Crippen LogP contribution in [0.3, 0.4) is 0 Å². The monoisotopic (exact) mass is 308 g/mol. The fourth-order valence-corrected chi connectivity index (χ4v) is 3.76. The standard InChI is InChI=1S/C19H16O2S/c1-22-14-9-6-13(7-10-14)17-18-15-5-3-2-4-12(15)8-11-16(18)21-19(17)20/h2-7,9-10,16H,8,11H2,1H3. The Morgan fingerprint density at radius 2 is 1.86 bits per heavy atom. The maximum Gasteiger partial charge on any atom is 0.339 e. The van der Waals surface area contributed by atoms with E-state index < -0.39 is 0 Å². The van der Waals surface area contributed by atoms with Crippen LogP contribution in [0.2, 0.25) is 0 Å². The average Bonchev–Trinajstić information content (AvgIpc) is 2.91. The lowest BCUT2D eigenvalue weighted by Gasteiger charge is -2.23. The number of benzene rings is 2. The minimum Gasteiger partial charge on any atom is -0.454 e. The third kappa shape index (κ3) is 2.08. The molecule has 1 heterocycles. The normalized spacial score (nSPS) is 19.7. The summed E-state index contributed by atoms with van der Waals surface area (Å²) in [6.07, 6.45) is 3.81. The van der Waals surface area contributed by atoms with E-state index in [4.69, 9.17) is 4.74 Å². The van der Waals surface area contributed by atoms with E-state index in [1.165, 1.54) is 16.0 Å². The van der Waals surface area contributed by atoms with E-state index in [1.54, 1.807) is 11.8 Å². The number of carbonyl (C=O) groups excluding carboxylic acids is 1. The molecule has 2 nitrogen and oxygen atoms in total. The number of thioether (sulfide) groups is 1. The van der Waals surface area contributed by atoms with Gasteiger partial charge in [0.1, 0.15) is 6.10 Å².